The Labute approximate surface area is 147 Å². The van der Waals surface area contributed by atoms with E-state index in [1.54, 1.807) is 19.1 Å². The van der Waals surface area contributed by atoms with Crippen molar-refractivity contribution in [3.63, 3.8) is 0 Å². The van der Waals surface area contributed by atoms with E-state index in [4.69, 9.17) is 14.0 Å². The van der Waals surface area contributed by atoms with E-state index in [2.05, 4.69) is 10.5 Å². The van der Waals surface area contributed by atoms with Gasteiger partial charge in [-0.1, -0.05) is 5.16 Å². The third kappa shape index (κ3) is 4.65. The molecule has 2 aromatic rings. The largest absolute Gasteiger partial charge is 0.497 e. The number of benzene rings is 1. The molecule has 25 heavy (non-hydrogen) atoms. The summed E-state index contributed by atoms with van der Waals surface area (Å²) < 4.78 is 16.1. The molecule has 2 amide bonds. The lowest BCUT2D eigenvalue weighted by atomic mass is 10.1. The van der Waals surface area contributed by atoms with Crippen molar-refractivity contribution in [3.8, 4) is 22.8 Å². The minimum absolute atomic E-state index is 0.0791. The lowest BCUT2D eigenvalue weighted by Crippen LogP contribution is -2.42. The molecule has 7 nitrogen and oxygen atoms in total. The van der Waals surface area contributed by atoms with Gasteiger partial charge in [0.15, 0.2) is 5.76 Å². The van der Waals surface area contributed by atoms with E-state index >= 15 is 0 Å². The summed E-state index contributed by atoms with van der Waals surface area (Å²) in [6.45, 7) is 6.71. The number of carbonyl (C=O) groups excluding carboxylic acids is 1. The second-order valence-corrected chi connectivity index (χ2v) is 5.87. The number of amides is 2. The van der Waals surface area contributed by atoms with Crippen LogP contribution in [0.4, 0.5) is 4.79 Å². The quantitative estimate of drug-likeness (QED) is 0.831. The van der Waals surface area contributed by atoms with Crippen molar-refractivity contribution < 1.29 is 18.8 Å². The van der Waals surface area contributed by atoms with E-state index in [1.165, 1.54) is 0 Å². The maximum absolute atomic E-state index is 12.2. The number of hydrogen-bond donors (Lipinski definition) is 1. The minimum atomic E-state index is -0.124. The van der Waals surface area contributed by atoms with Crippen molar-refractivity contribution in [2.24, 2.45) is 0 Å². The van der Waals surface area contributed by atoms with Crippen LogP contribution in [0.5, 0.6) is 11.5 Å². The van der Waals surface area contributed by atoms with Crippen LogP contribution in [0, 0.1) is 0 Å². The van der Waals surface area contributed by atoms with Crippen molar-refractivity contribution in [2.45, 2.75) is 33.4 Å². The molecule has 0 aliphatic carbocycles. The van der Waals surface area contributed by atoms with E-state index in [0.717, 1.165) is 5.56 Å². The summed E-state index contributed by atoms with van der Waals surface area (Å²) in [6.07, 6.45) is 0. The zero-order valence-electron chi connectivity index (χ0n) is 15.3. The molecular weight excluding hydrogens is 322 g/mol. The van der Waals surface area contributed by atoms with Crippen molar-refractivity contribution >= 4 is 6.03 Å². The van der Waals surface area contributed by atoms with Crippen LogP contribution >= 0.6 is 0 Å². The summed E-state index contributed by atoms with van der Waals surface area (Å²) >= 11 is 0. The summed E-state index contributed by atoms with van der Waals surface area (Å²) in [5, 5.41) is 6.96. The molecule has 1 aromatic heterocycles. The normalized spacial score (nSPS) is 10.6. The zero-order chi connectivity index (χ0) is 18.4. The Morgan fingerprint density at radius 3 is 2.64 bits per heavy atom. The average molecular weight is 347 g/mol. The predicted molar refractivity (Wildman–Crippen MR) is 94.8 cm³/mol. The number of methoxy groups -OCH3 is 2. The molecule has 2 rings (SSSR count). The van der Waals surface area contributed by atoms with Gasteiger partial charge in [-0.25, -0.2) is 4.79 Å². The maximum atomic E-state index is 12.2. The Morgan fingerprint density at radius 2 is 2.04 bits per heavy atom. The zero-order valence-corrected chi connectivity index (χ0v) is 15.3. The van der Waals surface area contributed by atoms with Gasteiger partial charge in [-0.05, 0) is 39.0 Å². The SMILES string of the molecule is CCN(Cc1cc(-c2cc(OC)ccc2OC)on1)C(=O)NC(C)C. The first-order valence-electron chi connectivity index (χ1n) is 8.21. The van der Waals surface area contributed by atoms with Gasteiger partial charge in [-0.3, -0.25) is 0 Å². The van der Waals surface area contributed by atoms with Gasteiger partial charge in [0.05, 0.1) is 26.3 Å². The number of nitrogens with one attached hydrogen (secondary N) is 1. The Hall–Kier alpha value is -2.70. The van der Waals surface area contributed by atoms with Gasteiger partial charge >= 0.3 is 6.03 Å². The fourth-order valence-corrected chi connectivity index (χ4v) is 2.38. The highest BCUT2D eigenvalue weighted by atomic mass is 16.5. The second kappa shape index (κ2) is 8.41. The molecule has 0 bridgehead atoms. The van der Waals surface area contributed by atoms with Crippen LogP contribution in [0.3, 0.4) is 0 Å². The highest BCUT2D eigenvalue weighted by Crippen LogP contribution is 2.33. The molecule has 1 heterocycles. The van der Waals surface area contributed by atoms with E-state index in [9.17, 15) is 4.79 Å². The summed E-state index contributed by atoms with van der Waals surface area (Å²) in [6, 6.07) is 7.21. The van der Waals surface area contributed by atoms with Gasteiger partial charge in [0.1, 0.15) is 17.2 Å². The molecule has 0 fully saturated rings. The van der Waals surface area contributed by atoms with Gasteiger partial charge in [-0.15, -0.1) is 0 Å². The fraction of sp³-hybridized carbons (Fsp3) is 0.444. The number of carbonyl (C=O) groups is 1. The number of rotatable bonds is 7. The molecule has 1 aromatic carbocycles. The van der Waals surface area contributed by atoms with Gasteiger partial charge in [0, 0.05) is 18.7 Å². The van der Waals surface area contributed by atoms with Crippen molar-refractivity contribution in [1.29, 1.82) is 0 Å². The topological polar surface area (TPSA) is 76.8 Å². The summed E-state index contributed by atoms with van der Waals surface area (Å²) in [5.74, 6) is 1.92. The van der Waals surface area contributed by atoms with Crippen LogP contribution in [0.15, 0.2) is 28.8 Å². The maximum Gasteiger partial charge on any atom is 0.317 e. The predicted octanol–water partition coefficient (Wildman–Crippen LogP) is 3.30. The van der Waals surface area contributed by atoms with Crippen molar-refractivity contribution in [3.05, 3.63) is 30.0 Å². The average Bonchev–Trinajstić information content (AvgIpc) is 3.06. The number of nitrogens with zero attached hydrogens (tertiary/aromatic N) is 2. The molecule has 0 aliphatic rings. The third-order valence-electron chi connectivity index (χ3n) is 3.66. The first-order chi connectivity index (χ1) is 12.0. The molecule has 0 saturated heterocycles. The van der Waals surface area contributed by atoms with Crippen LogP contribution in [0.25, 0.3) is 11.3 Å². The fourth-order valence-electron chi connectivity index (χ4n) is 2.38. The van der Waals surface area contributed by atoms with E-state index in [-0.39, 0.29) is 12.1 Å². The van der Waals surface area contributed by atoms with Gasteiger partial charge in [-0.2, -0.15) is 0 Å². The standard InChI is InChI=1S/C18H25N3O4/c1-6-21(18(22)19-12(2)3)11-13-9-17(25-20-13)15-10-14(23-4)7-8-16(15)24-5/h7-10,12H,6,11H2,1-5H3,(H,19,22). The molecule has 136 valence electrons. The van der Waals surface area contributed by atoms with Gasteiger partial charge in [0.25, 0.3) is 0 Å². The Kier molecular flexibility index (Phi) is 6.27. The molecule has 0 spiro atoms. The van der Waals surface area contributed by atoms with Crippen LogP contribution in [0.1, 0.15) is 26.5 Å². The number of urea groups is 1. The summed E-state index contributed by atoms with van der Waals surface area (Å²) in [7, 11) is 3.20. The van der Waals surface area contributed by atoms with Gasteiger partial charge in [0.2, 0.25) is 0 Å². The Morgan fingerprint density at radius 1 is 1.28 bits per heavy atom. The lowest BCUT2D eigenvalue weighted by molar-refractivity contribution is 0.194. The van der Waals surface area contributed by atoms with Crippen LogP contribution in [-0.2, 0) is 6.54 Å². The molecule has 0 aliphatic heterocycles. The van der Waals surface area contributed by atoms with Crippen molar-refractivity contribution in [1.82, 2.24) is 15.4 Å². The van der Waals surface area contributed by atoms with Crippen LogP contribution in [-0.4, -0.2) is 42.9 Å². The molecular formula is C18H25N3O4. The minimum Gasteiger partial charge on any atom is -0.497 e. The number of ether oxygens (including phenoxy) is 2. The van der Waals surface area contributed by atoms with Crippen LogP contribution in [0.2, 0.25) is 0 Å². The molecule has 0 atom stereocenters. The molecule has 7 heteroatoms. The number of hydrogen-bond acceptors (Lipinski definition) is 5. The lowest BCUT2D eigenvalue weighted by Gasteiger charge is -2.21. The highest BCUT2D eigenvalue weighted by Gasteiger charge is 2.17. The smallest absolute Gasteiger partial charge is 0.317 e. The van der Waals surface area contributed by atoms with E-state index < -0.39 is 0 Å². The summed E-state index contributed by atoms with van der Waals surface area (Å²) in [4.78, 5) is 13.8. The molecule has 0 unspecified atom stereocenters. The third-order valence-corrected chi connectivity index (χ3v) is 3.66. The first-order valence-corrected chi connectivity index (χ1v) is 8.21. The van der Waals surface area contributed by atoms with E-state index in [1.807, 2.05) is 45.0 Å². The Bertz CT molecular complexity index is 712. The molecule has 0 saturated carbocycles. The van der Waals surface area contributed by atoms with Gasteiger partial charge < -0.3 is 24.2 Å². The Balaban J connectivity index is 2.21. The second-order valence-electron chi connectivity index (χ2n) is 5.87. The van der Waals surface area contributed by atoms with Crippen molar-refractivity contribution in [2.75, 3.05) is 20.8 Å². The monoisotopic (exact) mass is 347 g/mol. The van der Waals surface area contributed by atoms with E-state index in [0.29, 0.717) is 36.0 Å². The summed E-state index contributed by atoms with van der Waals surface area (Å²) in [5.41, 5.74) is 1.41. The first kappa shape index (κ1) is 18.6. The molecule has 0 radical (unpaired) electrons. The molecule has 1 N–H and O–H groups in total. The highest BCUT2D eigenvalue weighted by molar-refractivity contribution is 5.74. The van der Waals surface area contributed by atoms with Crippen LogP contribution < -0.4 is 14.8 Å². The number of aromatic nitrogens is 1.